The van der Waals surface area contributed by atoms with Gasteiger partial charge >= 0.3 is 0 Å². The second-order valence-corrected chi connectivity index (χ2v) is 4.75. The summed E-state index contributed by atoms with van der Waals surface area (Å²) in [6, 6.07) is 2.01. The SMILES string of the molecule is Cc1ccnc(N2CCC(CO)CC2)c1CN. The summed E-state index contributed by atoms with van der Waals surface area (Å²) in [5, 5.41) is 9.14. The molecule has 1 saturated heterocycles. The number of aromatic nitrogens is 1. The van der Waals surface area contributed by atoms with Crippen LogP contribution in [0.1, 0.15) is 24.0 Å². The average molecular weight is 235 g/mol. The Bertz CT molecular complexity index is 373. The molecule has 0 saturated carbocycles. The van der Waals surface area contributed by atoms with Gasteiger partial charge in [-0.1, -0.05) is 0 Å². The lowest BCUT2D eigenvalue weighted by molar-refractivity contribution is 0.202. The number of aryl methyl sites for hydroxylation is 1. The Balaban J connectivity index is 2.15. The zero-order valence-electron chi connectivity index (χ0n) is 10.4. The first-order valence-corrected chi connectivity index (χ1v) is 6.26. The van der Waals surface area contributed by atoms with Gasteiger partial charge in [0.25, 0.3) is 0 Å². The van der Waals surface area contributed by atoms with Gasteiger partial charge in [-0.05, 0) is 37.3 Å². The van der Waals surface area contributed by atoms with Crippen LogP contribution in [-0.4, -0.2) is 29.8 Å². The molecule has 4 nitrogen and oxygen atoms in total. The smallest absolute Gasteiger partial charge is 0.133 e. The topological polar surface area (TPSA) is 62.4 Å². The van der Waals surface area contributed by atoms with Crippen LogP contribution in [0.5, 0.6) is 0 Å². The molecule has 94 valence electrons. The summed E-state index contributed by atoms with van der Waals surface area (Å²) in [5.41, 5.74) is 8.16. The Morgan fingerprint density at radius 2 is 2.18 bits per heavy atom. The Morgan fingerprint density at radius 1 is 1.47 bits per heavy atom. The van der Waals surface area contributed by atoms with Crippen molar-refractivity contribution in [2.75, 3.05) is 24.6 Å². The van der Waals surface area contributed by atoms with Crippen LogP contribution in [0.4, 0.5) is 5.82 Å². The van der Waals surface area contributed by atoms with Crippen molar-refractivity contribution < 1.29 is 5.11 Å². The summed E-state index contributed by atoms with van der Waals surface area (Å²) < 4.78 is 0. The molecule has 1 aliphatic heterocycles. The lowest BCUT2D eigenvalue weighted by Crippen LogP contribution is -2.36. The van der Waals surface area contributed by atoms with E-state index in [1.165, 1.54) is 5.56 Å². The van der Waals surface area contributed by atoms with E-state index in [-0.39, 0.29) is 0 Å². The maximum absolute atomic E-state index is 9.14. The quantitative estimate of drug-likeness (QED) is 0.822. The van der Waals surface area contributed by atoms with Crippen molar-refractivity contribution in [1.82, 2.24) is 4.98 Å². The molecule has 1 fully saturated rings. The molecule has 2 heterocycles. The summed E-state index contributed by atoms with van der Waals surface area (Å²) in [6.07, 6.45) is 3.92. The van der Waals surface area contributed by atoms with Crippen LogP contribution >= 0.6 is 0 Å². The number of piperidine rings is 1. The molecule has 0 radical (unpaired) electrons. The standard InChI is InChI=1S/C13H21N3O/c1-10-2-5-15-13(12(10)8-14)16-6-3-11(9-17)4-7-16/h2,5,11,17H,3-4,6-9,14H2,1H3. The minimum atomic E-state index is 0.304. The molecule has 0 spiro atoms. The molecular weight excluding hydrogens is 214 g/mol. The number of rotatable bonds is 3. The van der Waals surface area contributed by atoms with Crippen molar-refractivity contribution in [2.45, 2.75) is 26.3 Å². The van der Waals surface area contributed by atoms with Gasteiger partial charge in [-0.15, -0.1) is 0 Å². The molecule has 0 atom stereocenters. The normalized spacial score (nSPS) is 17.5. The van der Waals surface area contributed by atoms with Crippen LogP contribution in [0.15, 0.2) is 12.3 Å². The lowest BCUT2D eigenvalue weighted by Gasteiger charge is -2.33. The molecule has 4 heteroatoms. The van der Waals surface area contributed by atoms with Gasteiger partial charge in [0.05, 0.1) is 0 Å². The third-order valence-corrected chi connectivity index (χ3v) is 3.64. The van der Waals surface area contributed by atoms with Crippen molar-refractivity contribution in [2.24, 2.45) is 11.7 Å². The van der Waals surface area contributed by atoms with Gasteiger partial charge in [0.2, 0.25) is 0 Å². The number of hydrogen-bond acceptors (Lipinski definition) is 4. The first-order valence-electron chi connectivity index (χ1n) is 6.26. The Morgan fingerprint density at radius 3 is 2.76 bits per heavy atom. The minimum absolute atomic E-state index is 0.304. The molecule has 1 aliphatic rings. The molecule has 0 amide bonds. The maximum atomic E-state index is 9.14. The first kappa shape index (κ1) is 12.3. The highest BCUT2D eigenvalue weighted by molar-refractivity contribution is 5.50. The number of nitrogens with two attached hydrogens (primary N) is 1. The highest BCUT2D eigenvalue weighted by Gasteiger charge is 2.21. The fourth-order valence-corrected chi connectivity index (χ4v) is 2.43. The Hall–Kier alpha value is -1.13. The van der Waals surface area contributed by atoms with Gasteiger partial charge in [-0.25, -0.2) is 4.98 Å². The number of aliphatic hydroxyl groups is 1. The van der Waals surface area contributed by atoms with Crippen molar-refractivity contribution in [3.05, 3.63) is 23.4 Å². The predicted molar refractivity (Wildman–Crippen MR) is 68.9 cm³/mol. The van der Waals surface area contributed by atoms with Crippen LogP contribution in [0.2, 0.25) is 0 Å². The number of nitrogens with zero attached hydrogens (tertiary/aromatic N) is 2. The molecule has 3 N–H and O–H groups in total. The van der Waals surface area contributed by atoms with Gasteiger partial charge in [-0.3, -0.25) is 0 Å². The molecule has 0 unspecified atom stereocenters. The van der Waals surface area contributed by atoms with Crippen molar-refractivity contribution >= 4 is 5.82 Å². The molecule has 0 aliphatic carbocycles. The van der Waals surface area contributed by atoms with E-state index in [0.29, 0.717) is 19.1 Å². The van der Waals surface area contributed by atoms with E-state index in [2.05, 4.69) is 16.8 Å². The van der Waals surface area contributed by atoms with Crippen molar-refractivity contribution in [3.63, 3.8) is 0 Å². The molecule has 1 aromatic rings. The molecule has 2 rings (SSSR count). The second kappa shape index (κ2) is 5.47. The minimum Gasteiger partial charge on any atom is -0.396 e. The number of aliphatic hydroxyl groups excluding tert-OH is 1. The zero-order chi connectivity index (χ0) is 12.3. The second-order valence-electron chi connectivity index (χ2n) is 4.75. The van der Waals surface area contributed by atoms with Crippen LogP contribution < -0.4 is 10.6 Å². The van der Waals surface area contributed by atoms with Gasteiger partial charge in [-0.2, -0.15) is 0 Å². The molecule has 1 aromatic heterocycles. The fraction of sp³-hybridized carbons (Fsp3) is 0.615. The summed E-state index contributed by atoms with van der Waals surface area (Å²) in [5.74, 6) is 1.49. The summed E-state index contributed by atoms with van der Waals surface area (Å²) in [6.45, 7) is 4.85. The van der Waals surface area contributed by atoms with Crippen LogP contribution in [0.25, 0.3) is 0 Å². The molecule has 17 heavy (non-hydrogen) atoms. The van der Waals surface area contributed by atoms with E-state index in [1.807, 2.05) is 12.3 Å². The van der Waals surface area contributed by atoms with Crippen LogP contribution in [-0.2, 0) is 6.54 Å². The Kier molecular flexibility index (Phi) is 3.97. The van der Waals surface area contributed by atoms with Crippen LogP contribution in [0.3, 0.4) is 0 Å². The number of hydrogen-bond donors (Lipinski definition) is 2. The van der Waals surface area contributed by atoms with Crippen molar-refractivity contribution in [3.8, 4) is 0 Å². The zero-order valence-corrected chi connectivity index (χ0v) is 10.4. The maximum Gasteiger partial charge on any atom is 0.133 e. The van der Waals surface area contributed by atoms with Gasteiger partial charge in [0, 0.05) is 38.0 Å². The molecular formula is C13H21N3O. The third-order valence-electron chi connectivity index (χ3n) is 3.64. The summed E-state index contributed by atoms with van der Waals surface area (Å²) >= 11 is 0. The van der Waals surface area contributed by atoms with E-state index in [0.717, 1.165) is 37.3 Å². The Labute approximate surface area is 102 Å². The fourth-order valence-electron chi connectivity index (χ4n) is 2.43. The summed E-state index contributed by atoms with van der Waals surface area (Å²) in [7, 11) is 0. The average Bonchev–Trinajstić information content (AvgIpc) is 2.38. The van der Waals surface area contributed by atoms with E-state index in [1.54, 1.807) is 0 Å². The molecule has 0 bridgehead atoms. The number of anilines is 1. The lowest BCUT2D eigenvalue weighted by atomic mass is 9.97. The van der Waals surface area contributed by atoms with Gasteiger partial charge in [0.1, 0.15) is 5.82 Å². The van der Waals surface area contributed by atoms with Gasteiger partial charge in [0.15, 0.2) is 0 Å². The van der Waals surface area contributed by atoms with E-state index in [9.17, 15) is 0 Å². The third kappa shape index (κ3) is 2.58. The first-order chi connectivity index (χ1) is 8.26. The van der Waals surface area contributed by atoms with Crippen molar-refractivity contribution in [1.29, 1.82) is 0 Å². The van der Waals surface area contributed by atoms with Crippen LogP contribution in [0, 0.1) is 12.8 Å². The highest BCUT2D eigenvalue weighted by Crippen LogP contribution is 2.25. The highest BCUT2D eigenvalue weighted by atomic mass is 16.3. The van der Waals surface area contributed by atoms with E-state index in [4.69, 9.17) is 10.8 Å². The monoisotopic (exact) mass is 235 g/mol. The van der Waals surface area contributed by atoms with Gasteiger partial charge < -0.3 is 15.7 Å². The van der Waals surface area contributed by atoms with E-state index < -0.39 is 0 Å². The largest absolute Gasteiger partial charge is 0.396 e. The van der Waals surface area contributed by atoms with E-state index >= 15 is 0 Å². The predicted octanol–water partition coefficient (Wildman–Crippen LogP) is 1.06. The number of pyridine rings is 1. The molecule has 0 aromatic carbocycles. The summed E-state index contributed by atoms with van der Waals surface area (Å²) in [4.78, 5) is 6.76.